The van der Waals surface area contributed by atoms with Gasteiger partial charge >= 0.3 is 18.2 Å². The van der Waals surface area contributed by atoms with Crippen LogP contribution in [0.4, 0.5) is 23.9 Å². The smallest absolute Gasteiger partial charge is 0.475 e. The van der Waals surface area contributed by atoms with Crippen LogP contribution in [0.3, 0.4) is 0 Å². The van der Waals surface area contributed by atoms with E-state index in [1.165, 1.54) is 0 Å². The fraction of sp³-hybridized carbons (Fsp3) is 0.667. The lowest BCUT2D eigenvalue weighted by molar-refractivity contribution is -0.192. The van der Waals surface area contributed by atoms with E-state index in [0.29, 0.717) is 19.1 Å². The molecule has 3 aliphatic rings. The van der Waals surface area contributed by atoms with E-state index in [1.807, 2.05) is 9.80 Å². The highest BCUT2D eigenvalue weighted by Crippen LogP contribution is 2.36. The molecule has 2 amide bonds. The zero-order chi connectivity index (χ0) is 21.8. The van der Waals surface area contributed by atoms with Gasteiger partial charge in [0.1, 0.15) is 0 Å². The molecule has 1 aromatic heterocycles. The van der Waals surface area contributed by atoms with Gasteiger partial charge in [-0.3, -0.25) is 0 Å². The summed E-state index contributed by atoms with van der Waals surface area (Å²) >= 11 is 0. The molecule has 1 spiro atoms. The number of nitrogens with zero attached hydrogens (tertiary/aromatic N) is 4. The first-order chi connectivity index (χ1) is 14.2. The normalized spacial score (nSPS) is 25.9. The summed E-state index contributed by atoms with van der Waals surface area (Å²) in [5.74, 6) is -2.12. The number of urea groups is 1. The van der Waals surface area contributed by atoms with Gasteiger partial charge in [0.25, 0.3) is 0 Å². The van der Waals surface area contributed by atoms with Gasteiger partial charge < -0.3 is 25.0 Å². The first-order valence-corrected chi connectivity index (χ1v) is 9.70. The molecule has 1 aromatic rings. The zero-order valence-corrected chi connectivity index (χ0v) is 16.3. The number of halogens is 3. The van der Waals surface area contributed by atoms with Gasteiger partial charge in [-0.25, -0.2) is 19.6 Å². The van der Waals surface area contributed by atoms with E-state index in [1.54, 1.807) is 18.5 Å². The van der Waals surface area contributed by atoms with Crippen LogP contribution in [0.1, 0.15) is 25.7 Å². The van der Waals surface area contributed by atoms with E-state index in [4.69, 9.17) is 14.6 Å². The fourth-order valence-corrected chi connectivity index (χ4v) is 3.89. The molecular weight excluding hydrogens is 407 g/mol. The number of carbonyl (C=O) groups excluding carboxylic acids is 1. The first kappa shape index (κ1) is 22.1. The molecule has 2 atom stereocenters. The van der Waals surface area contributed by atoms with Crippen molar-refractivity contribution in [2.45, 2.75) is 43.5 Å². The average molecular weight is 431 g/mol. The number of nitrogens with one attached hydrogen (secondary N) is 1. The third kappa shape index (κ3) is 5.49. The zero-order valence-electron chi connectivity index (χ0n) is 16.3. The Hall–Kier alpha value is -2.63. The number of likely N-dealkylation sites (tertiary alicyclic amines) is 2. The minimum Gasteiger partial charge on any atom is -0.475 e. The Bertz CT molecular complexity index is 745. The third-order valence-electron chi connectivity index (χ3n) is 5.31. The largest absolute Gasteiger partial charge is 0.490 e. The summed E-state index contributed by atoms with van der Waals surface area (Å²) in [6.07, 6.45) is 2.45. The topological polar surface area (TPSA) is 108 Å². The number of rotatable bonds is 2. The second kappa shape index (κ2) is 9.02. The maximum absolute atomic E-state index is 12.5. The second-order valence-corrected chi connectivity index (χ2v) is 7.56. The number of alkyl halides is 3. The molecule has 2 unspecified atom stereocenters. The molecule has 0 aromatic carbocycles. The molecule has 4 heterocycles. The molecule has 12 heteroatoms. The quantitative estimate of drug-likeness (QED) is 0.737. The van der Waals surface area contributed by atoms with Crippen LogP contribution in [0, 0.1) is 0 Å². The SMILES string of the molecule is O=C(N1CCCC1)N1CCC2(CC(Nc3ncccn3)CO2)C1.O=C(O)C(F)(F)F. The molecule has 2 N–H and O–H groups in total. The minimum atomic E-state index is -5.08. The predicted octanol–water partition coefficient (Wildman–Crippen LogP) is 1.97. The molecule has 3 saturated heterocycles. The van der Waals surface area contributed by atoms with Gasteiger partial charge in [-0.05, 0) is 25.3 Å². The molecule has 0 bridgehead atoms. The third-order valence-corrected chi connectivity index (χ3v) is 5.31. The number of hydrogen-bond donors (Lipinski definition) is 2. The lowest BCUT2D eigenvalue weighted by atomic mass is 9.97. The van der Waals surface area contributed by atoms with Crippen LogP contribution < -0.4 is 5.32 Å². The number of aromatic nitrogens is 2. The number of carboxylic acid groups (broad SMARTS) is 1. The summed E-state index contributed by atoms with van der Waals surface area (Å²) in [6.45, 7) is 3.95. The van der Waals surface area contributed by atoms with Crippen LogP contribution >= 0.6 is 0 Å². The summed E-state index contributed by atoms with van der Waals surface area (Å²) in [5, 5.41) is 10.5. The van der Waals surface area contributed by atoms with Crippen molar-refractivity contribution >= 4 is 17.9 Å². The average Bonchev–Trinajstić information content (AvgIpc) is 3.45. The van der Waals surface area contributed by atoms with Crippen LogP contribution in [-0.2, 0) is 9.53 Å². The number of ether oxygens (including phenoxy) is 1. The van der Waals surface area contributed by atoms with Crippen LogP contribution in [0.2, 0.25) is 0 Å². The van der Waals surface area contributed by atoms with Gasteiger partial charge in [-0.15, -0.1) is 0 Å². The van der Waals surface area contributed by atoms with Crippen molar-refractivity contribution < 1.29 is 32.6 Å². The number of carbonyl (C=O) groups is 2. The van der Waals surface area contributed by atoms with Crippen molar-refractivity contribution in [3.8, 4) is 0 Å². The van der Waals surface area contributed by atoms with Gasteiger partial charge in [-0.2, -0.15) is 13.2 Å². The van der Waals surface area contributed by atoms with Gasteiger partial charge in [0.15, 0.2) is 0 Å². The van der Waals surface area contributed by atoms with Crippen molar-refractivity contribution in [2.24, 2.45) is 0 Å². The number of aliphatic carboxylic acids is 1. The summed E-state index contributed by atoms with van der Waals surface area (Å²) < 4.78 is 37.8. The summed E-state index contributed by atoms with van der Waals surface area (Å²) in [6, 6.07) is 2.20. The molecule has 0 aliphatic carbocycles. The number of carboxylic acids is 1. The van der Waals surface area contributed by atoms with E-state index in [-0.39, 0.29) is 17.7 Å². The number of amides is 2. The summed E-state index contributed by atoms with van der Waals surface area (Å²) in [4.78, 5) is 33.8. The molecule has 3 fully saturated rings. The van der Waals surface area contributed by atoms with Crippen molar-refractivity contribution in [2.75, 3.05) is 38.1 Å². The molecular formula is C18H24F3N5O4. The summed E-state index contributed by atoms with van der Waals surface area (Å²) in [7, 11) is 0. The Balaban J connectivity index is 0.000000318. The first-order valence-electron chi connectivity index (χ1n) is 9.70. The van der Waals surface area contributed by atoms with Crippen LogP contribution in [0.25, 0.3) is 0 Å². The molecule has 166 valence electrons. The van der Waals surface area contributed by atoms with Crippen molar-refractivity contribution in [3.05, 3.63) is 18.5 Å². The van der Waals surface area contributed by atoms with E-state index in [0.717, 1.165) is 45.3 Å². The Labute approximate surface area is 171 Å². The van der Waals surface area contributed by atoms with Crippen LogP contribution in [0.15, 0.2) is 18.5 Å². The van der Waals surface area contributed by atoms with Crippen molar-refractivity contribution in [3.63, 3.8) is 0 Å². The Morgan fingerprint density at radius 2 is 1.80 bits per heavy atom. The standard InChI is InChI=1S/C16H23N5O2.C2HF3O2/c22-15(20-7-1-2-8-20)21-9-4-16(12-21)10-13(11-23-16)19-14-17-5-3-6-18-14;3-2(4,5)1(6)7/h3,5-6,13H,1-2,4,7-12H2,(H,17,18,19);(H,6,7). The van der Waals surface area contributed by atoms with E-state index in [9.17, 15) is 18.0 Å². The molecule has 0 saturated carbocycles. The lowest BCUT2D eigenvalue weighted by Gasteiger charge is -2.26. The Morgan fingerprint density at radius 1 is 1.17 bits per heavy atom. The van der Waals surface area contributed by atoms with Gasteiger partial charge in [0.05, 0.1) is 24.8 Å². The fourth-order valence-electron chi connectivity index (χ4n) is 3.89. The van der Waals surface area contributed by atoms with Crippen molar-refractivity contribution in [1.82, 2.24) is 19.8 Å². The van der Waals surface area contributed by atoms with Crippen LogP contribution in [-0.4, -0.2) is 87.5 Å². The number of anilines is 1. The molecule has 0 radical (unpaired) electrons. The van der Waals surface area contributed by atoms with E-state index < -0.39 is 12.1 Å². The van der Waals surface area contributed by atoms with Crippen LogP contribution in [0.5, 0.6) is 0 Å². The lowest BCUT2D eigenvalue weighted by Crippen LogP contribution is -2.43. The molecule has 30 heavy (non-hydrogen) atoms. The van der Waals surface area contributed by atoms with Crippen molar-refractivity contribution in [1.29, 1.82) is 0 Å². The summed E-state index contributed by atoms with van der Waals surface area (Å²) in [5.41, 5.74) is -0.193. The molecule has 9 nitrogen and oxygen atoms in total. The molecule has 4 rings (SSSR count). The highest BCUT2D eigenvalue weighted by Gasteiger charge is 2.47. The van der Waals surface area contributed by atoms with Gasteiger partial charge in [0.2, 0.25) is 5.95 Å². The maximum atomic E-state index is 12.5. The second-order valence-electron chi connectivity index (χ2n) is 7.56. The Kier molecular flexibility index (Phi) is 6.64. The highest BCUT2D eigenvalue weighted by molar-refractivity contribution is 5.75. The molecule has 3 aliphatic heterocycles. The minimum absolute atomic E-state index is 0.186. The Morgan fingerprint density at radius 3 is 2.40 bits per heavy atom. The predicted molar refractivity (Wildman–Crippen MR) is 98.8 cm³/mol. The van der Waals surface area contributed by atoms with Gasteiger partial charge in [0, 0.05) is 38.4 Å². The maximum Gasteiger partial charge on any atom is 0.490 e. The van der Waals surface area contributed by atoms with E-state index in [2.05, 4.69) is 15.3 Å². The monoisotopic (exact) mass is 431 g/mol. The number of hydrogen-bond acceptors (Lipinski definition) is 6. The van der Waals surface area contributed by atoms with E-state index >= 15 is 0 Å². The highest BCUT2D eigenvalue weighted by atomic mass is 19.4. The van der Waals surface area contributed by atoms with Gasteiger partial charge in [-0.1, -0.05) is 0 Å².